The van der Waals surface area contributed by atoms with Gasteiger partial charge in [0.2, 0.25) is 11.8 Å². The molecule has 33 heavy (non-hydrogen) atoms. The van der Waals surface area contributed by atoms with E-state index in [1.807, 2.05) is 45.0 Å². The zero-order valence-electron chi connectivity index (χ0n) is 19.7. The second-order valence-corrected chi connectivity index (χ2v) is 8.53. The smallest absolute Gasteiger partial charge is 0.243 e. The largest absolute Gasteiger partial charge is 0.352 e. The summed E-state index contributed by atoms with van der Waals surface area (Å²) < 4.78 is 13.4. The van der Waals surface area contributed by atoms with Crippen LogP contribution in [0.2, 0.25) is 0 Å². The lowest BCUT2D eigenvalue weighted by Crippen LogP contribution is -2.50. The molecular weight excluding hydrogens is 415 g/mol. The van der Waals surface area contributed by atoms with Gasteiger partial charge >= 0.3 is 0 Å². The Hall–Kier alpha value is -3.21. The molecule has 2 atom stereocenters. The molecule has 0 spiro atoms. The number of fused-ring (bicyclic) bond motifs is 1. The van der Waals surface area contributed by atoms with Crippen molar-refractivity contribution < 1.29 is 14.0 Å². The summed E-state index contributed by atoms with van der Waals surface area (Å²) >= 11 is 0. The number of nitrogens with one attached hydrogen (secondary N) is 1. The minimum absolute atomic E-state index is 0.0324. The topological polar surface area (TPSA) is 49.4 Å². The molecule has 2 amide bonds. The number of rotatable bonds is 10. The highest BCUT2D eigenvalue weighted by Gasteiger charge is 2.29. The molecule has 3 rings (SSSR count). The van der Waals surface area contributed by atoms with Crippen molar-refractivity contribution in [2.24, 2.45) is 0 Å². The normalized spacial score (nSPS) is 12.8. The van der Waals surface area contributed by atoms with Crippen LogP contribution in [0, 0.1) is 5.82 Å². The van der Waals surface area contributed by atoms with Gasteiger partial charge in [0.05, 0.1) is 0 Å². The molecule has 0 aromatic heterocycles. The summed E-state index contributed by atoms with van der Waals surface area (Å²) in [6.07, 6.45) is 2.20. The third-order valence-corrected chi connectivity index (χ3v) is 6.14. The quantitative estimate of drug-likeness (QED) is 0.437. The molecule has 0 aliphatic carbocycles. The van der Waals surface area contributed by atoms with E-state index in [0.717, 1.165) is 28.3 Å². The molecule has 0 fully saturated rings. The van der Waals surface area contributed by atoms with E-state index in [2.05, 4.69) is 23.5 Å². The van der Waals surface area contributed by atoms with Crippen molar-refractivity contribution in [2.75, 3.05) is 0 Å². The lowest BCUT2D eigenvalue weighted by Gasteiger charge is -2.31. The Labute approximate surface area is 195 Å². The van der Waals surface area contributed by atoms with Crippen molar-refractivity contribution in [3.63, 3.8) is 0 Å². The van der Waals surface area contributed by atoms with E-state index >= 15 is 0 Å². The minimum Gasteiger partial charge on any atom is -0.352 e. The molecule has 0 bridgehead atoms. The molecule has 3 aromatic rings. The third kappa shape index (κ3) is 6.41. The van der Waals surface area contributed by atoms with Gasteiger partial charge in [0, 0.05) is 19.0 Å². The Morgan fingerprint density at radius 2 is 1.64 bits per heavy atom. The van der Waals surface area contributed by atoms with Gasteiger partial charge < -0.3 is 10.2 Å². The van der Waals surface area contributed by atoms with E-state index in [0.29, 0.717) is 19.3 Å². The fourth-order valence-electron chi connectivity index (χ4n) is 4.04. The lowest BCUT2D eigenvalue weighted by molar-refractivity contribution is -0.141. The van der Waals surface area contributed by atoms with Gasteiger partial charge in [-0.25, -0.2) is 4.39 Å². The summed E-state index contributed by atoms with van der Waals surface area (Å²) in [5.41, 5.74) is 1.91. The first kappa shape index (κ1) is 24.4. The Kier molecular flexibility index (Phi) is 8.58. The molecular formula is C28H33FN2O2. The van der Waals surface area contributed by atoms with Crippen LogP contribution in [-0.4, -0.2) is 28.8 Å². The minimum atomic E-state index is -0.580. The van der Waals surface area contributed by atoms with Crippen LogP contribution in [0.1, 0.15) is 51.2 Å². The molecule has 0 heterocycles. The molecule has 0 saturated heterocycles. The number of aryl methyl sites for hydroxylation is 1. The highest BCUT2D eigenvalue weighted by Crippen LogP contribution is 2.21. The lowest BCUT2D eigenvalue weighted by atomic mass is 10.00. The summed E-state index contributed by atoms with van der Waals surface area (Å²) in [6.45, 7) is 6.15. The second kappa shape index (κ2) is 11.6. The van der Waals surface area contributed by atoms with Crippen molar-refractivity contribution in [1.29, 1.82) is 0 Å². The molecule has 5 heteroatoms. The molecule has 1 N–H and O–H groups in total. The van der Waals surface area contributed by atoms with Crippen LogP contribution in [0.15, 0.2) is 66.7 Å². The number of benzene rings is 3. The third-order valence-electron chi connectivity index (χ3n) is 6.14. The fourth-order valence-corrected chi connectivity index (χ4v) is 4.04. The van der Waals surface area contributed by atoms with E-state index in [1.54, 1.807) is 17.0 Å². The van der Waals surface area contributed by atoms with Crippen molar-refractivity contribution in [3.05, 3.63) is 83.7 Å². The molecule has 0 aliphatic heterocycles. The van der Waals surface area contributed by atoms with Gasteiger partial charge in [-0.05, 0) is 60.2 Å². The fraction of sp³-hybridized carbons (Fsp3) is 0.357. The zero-order valence-corrected chi connectivity index (χ0v) is 19.7. The van der Waals surface area contributed by atoms with E-state index in [-0.39, 0.29) is 30.2 Å². The van der Waals surface area contributed by atoms with Gasteiger partial charge in [0.1, 0.15) is 11.9 Å². The maximum Gasteiger partial charge on any atom is 0.243 e. The number of carbonyl (C=O) groups excluding carboxylic acids is 2. The standard InChI is InChI=1S/C28H33FN2O2/c1-4-20(3)30-28(33)26(5-2)31(19-21-13-16-24(29)17-14-21)27(32)18-15-23-11-8-10-22-9-6-7-12-25(22)23/h6-14,16-17,20,26H,4-5,15,18-19H2,1-3H3,(H,30,33)/t20-,26+/m1/s1. The predicted octanol–water partition coefficient (Wildman–Crippen LogP) is 5.63. The van der Waals surface area contributed by atoms with Crippen LogP contribution in [0.25, 0.3) is 10.8 Å². The number of halogens is 1. The average Bonchev–Trinajstić information content (AvgIpc) is 2.83. The van der Waals surface area contributed by atoms with Crippen molar-refractivity contribution in [2.45, 2.75) is 65.1 Å². The average molecular weight is 449 g/mol. The maximum atomic E-state index is 13.5. The number of hydrogen-bond acceptors (Lipinski definition) is 2. The summed E-state index contributed by atoms with van der Waals surface area (Å²) in [6, 6.07) is 19.8. The van der Waals surface area contributed by atoms with Crippen LogP contribution >= 0.6 is 0 Å². The van der Waals surface area contributed by atoms with Gasteiger partial charge in [0.15, 0.2) is 0 Å². The second-order valence-electron chi connectivity index (χ2n) is 8.53. The van der Waals surface area contributed by atoms with Gasteiger partial charge in [-0.1, -0.05) is 68.4 Å². The van der Waals surface area contributed by atoms with Gasteiger partial charge in [0.25, 0.3) is 0 Å². The first-order valence-corrected chi connectivity index (χ1v) is 11.7. The zero-order chi connectivity index (χ0) is 23.8. The first-order chi connectivity index (χ1) is 15.9. The van der Waals surface area contributed by atoms with Crippen LogP contribution in [0.5, 0.6) is 0 Å². The first-order valence-electron chi connectivity index (χ1n) is 11.7. The monoisotopic (exact) mass is 448 g/mol. The molecule has 0 radical (unpaired) electrons. The number of amides is 2. The number of carbonyl (C=O) groups is 2. The van der Waals surface area contributed by atoms with Crippen LogP contribution < -0.4 is 5.32 Å². The van der Waals surface area contributed by atoms with Gasteiger partial charge in [-0.2, -0.15) is 0 Å². The number of hydrogen-bond donors (Lipinski definition) is 1. The molecule has 3 aromatic carbocycles. The highest BCUT2D eigenvalue weighted by molar-refractivity contribution is 5.89. The van der Waals surface area contributed by atoms with E-state index < -0.39 is 6.04 Å². The summed E-state index contributed by atoms with van der Waals surface area (Å²) in [4.78, 5) is 28.1. The molecule has 4 nitrogen and oxygen atoms in total. The molecule has 0 aliphatic rings. The maximum absolute atomic E-state index is 13.5. The predicted molar refractivity (Wildman–Crippen MR) is 131 cm³/mol. The van der Waals surface area contributed by atoms with Gasteiger partial charge in [-0.15, -0.1) is 0 Å². The van der Waals surface area contributed by atoms with E-state index in [9.17, 15) is 14.0 Å². The number of nitrogens with zero attached hydrogens (tertiary/aromatic N) is 1. The van der Waals surface area contributed by atoms with Gasteiger partial charge in [-0.3, -0.25) is 9.59 Å². The van der Waals surface area contributed by atoms with Crippen molar-refractivity contribution in [1.82, 2.24) is 10.2 Å². The molecule has 0 saturated carbocycles. The molecule has 0 unspecified atom stereocenters. The Morgan fingerprint density at radius 1 is 0.939 bits per heavy atom. The van der Waals surface area contributed by atoms with E-state index in [1.165, 1.54) is 12.1 Å². The Balaban J connectivity index is 1.82. The Morgan fingerprint density at radius 3 is 2.33 bits per heavy atom. The summed E-state index contributed by atoms with van der Waals surface area (Å²) in [5.74, 6) is -0.556. The SMILES string of the molecule is CC[C@@H](C)NC(=O)[C@H](CC)N(Cc1ccc(F)cc1)C(=O)CCc1cccc2ccccc12. The van der Waals surface area contributed by atoms with Crippen LogP contribution in [-0.2, 0) is 22.6 Å². The van der Waals surface area contributed by atoms with Crippen LogP contribution in [0.3, 0.4) is 0 Å². The summed E-state index contributed by atoms with van der Waals surface area (Å²) in [5, 5.41) is 5.30. The van der Waals surface area contributed by atoms with Crippen LogP contribution in [0.4, 0.5) is 4.39 Å². The highest BCUT2D eigenvalue weighted by atomic mass is 19.1. The Bertz CT molecular complexity index is 1080. The summed E-state index contributed by atoms with van der Waals surface area (Å²) in [7, 11) is 0. The molecule has 174 valence electrons. The van der Waals surface area contributed by atoms with E-state index in [4.69, 9.17) is 0 Å². The van der Waals surface area contributed by atoms with Crippen molar-refractivity contribution in [3.8, 4) is 0 Å². The van der Waals surface area contributed by atoms with Crippen molar-refractivity contribution >= 4 is 22.6 Å².